The number of amides is 1. The molecule has 0 saturated carbocycles. The number of carbonyl (C=O) groups is 1. The van der Waals surface area contributed by atoms with Crippen LogP contribution in [-0.2, 0) is 11.2 Å². The third kappa shape index (κ3) is 2.81. The first-order valence-corrected chi connectivity index (χ1v) is 6.12. The summed E-state index contributed by atoms with van der Waals surface area (Å²) >= 11 is 0. The number of nitrogens with two attached hydrogens (primary N) is 1. The van der Waals surface area contributed by atoms with E-state index >= 15 is 0 Å². The molecule has 1 aromatic rings. The topological polar surface area (TPSA) is 104 Å². The maximum absolute atomic E-state index is 11.1. The van der Waals surface area contributed by atoms with Crippen LogP contribution in [0.5, 0.6) is 11.5 Å². The van der Waals surface area contributed by atoms with Crippen molar-refractivity contribution >= 4 is 5.91 Å². The summed E-state index contributed by atoms with van der Waals surface area (Å²) in [4.78, 5) is 11.1. The summed E-state index contributed by atoms with van der Waals surface area (Å²) in [6.45, 7) is 6.46. The summed E-state index contributed by atoms with van der Waals surface area (Å²) in [5.74, 6) is -0.588. The monoisotopic (exact) mass is 267 g/mol. The highest BCUT2D eigenvalue weighted by Crippen LogP contribution is 2.37. The summed E-state index contributed by atoms with van der Waals surface area (Å²) in [6.07, 6.45) is 0.334. The molecule has 0 aliphatic rings. The molecule has 0 saturated heterocycles. The average Bonchev–Trinajstić information content (AvgIpc) is 2.33. The summed E-state index contributed by atoms with van der Waals surface area (Å²) in [6, 6.07) is 0. The van der Waals surface area contributed by atoms with Gasteiger partial charge in [0.25, 0.3) is 0 Å². The van der Waals surface area contributed by atoms with E-state index in [9.17, 15) is 20.1 Å². The number of benzene rings is 1. The molecule has 1 aromatic carbocycles. The lowest BCUT2D eigenvalue weighted by Crippen LogP contribution is -2.41. The maximum atomic E-state index is 11.1. The van der Waals surface area contributed by atoms with Gasteiger partial charge in [-0.25, -0.2) is 0 Å². The van der Waals surface area contributed by atoms with Crippen LogP contribution in [0.15, 0.2) is 0 Å². The van der Waals surface area contributed by atoms with Gasteiger partial charge in [-0.1, -0.05) is 0 Å². The highest BCUT2D eigenvalue weighted by atomic mass is 16.3. The fraction of sp³-hybridized carbons (Fsp3) is 0.500. The van der Waals surface area contributed by atoms with Gasteiger partial charge in [0.05, 0.1) is 0 Å². The molecule has 0 heterocycles. The molecule has 0 spiro atoms. The van der Waals surface area contributed by atoms with Gasteiger partial charge in [0.15, 0.2) is 0 Å². The molecule has 5 nitrogen and oxygen atoms in total. The molecule has 0 unspecified atom stereocenters. The predicted octanol–water partition coefficient (Wildman–Crippen LogP) is 1.19. The van der Waals surface area contributed by atoms with E-state index in [2.05, 4.69) is 0 Å². The molecule has 0 aromatic heterocycles. The number of phenolic OH excluding ortho intramolecular Hbond substituents is 2. The summed E-state index contributed by atoms with van der Waals surface area (Å²) in [5, 5.41) is 29.9. The van der Waals surface area contributed by atoms with Crippen molar-refractivity contribution in [2.45, 2.75) is 46.1 Å². The zero-order valence-corrected chi connectivity index (χ0v) is 11.7. The Morgan fingerprint density at radius 1 is 1.11 bits per heavy atom. The van der Waals surface area contributed by atoms with Gasteiger partial charge in [-0.2, -0.15) is 0 Å². The van der Waals surface area contributed by atoms with Crippen LogP contribution in [0.4, 0.5) is 0 Å². The molecule has 5 N–H and O–H groups in total. The molecule has 0 bridgehead atoms. The van der Waals surface area contributed by atoms with Crippen molar-refractivity contribution in [1.82, 2.24) is 0 Å². The van der Waals surface area contributed by atoms with Gasteiger partial charge in [0.1, 0.15) is 17.1 Å². The number of aromatic hydroxyl groups is 2. The third-order valence-corrected chi connectivity index (χ3v) is 3.76. The quantitative estimate of drug-likeness (QED) is 0.615. The number of rotatable bonds is 4. The number of phenols is 2. The van der Waals surface area contributed by atoms with Crippen LogP contribution in [0.3, 0.4) is 0 Å². The van der Waals surface area contributed by atoms with Crippen LogP contribution in [0, 0.1) is 20.8 Å². The van der Waals surface area contributed by atoms with Crippen molar-refractivity contribution in [2.75, 3.05) is 0 Å². The van der Waals surface area contributed by atoms with E-state index < -0.39 is 11.5 Å². The van der Waals surface area contributed by atoms with Gasteiger partial charge in [0.2, 0.25) is 5.91 Å². The largest absolute Gasteiger partial charge is 0.507 e. The fourth-order valence-electron chi connectivity index (χ4n) is 1.98. The molecule has 19 heavy (non-hydrogen) atoms. The van der Waals surface area contributed by atoms with E-state index in [4.69, 9.17) is 5.73 Å². The number of primary amides is 1. The molecule has 106 valence electrons. The van der Waals surface area contributed by atoms with Gasteiger partial charge in [0, 0.05) is 5.56 Å². The molecule has 0 aliphatic heterocycles. The minimum atomic E-state index is -1.63. The second-order valence-corrected chi connectivity index (χ2v) is 5.19. The van der Waals surface area contributed by atoms with Crippen molar-refractivity contribution in [3.63, 3.8) is 0 Å². The van der Waals surface area contributed by atoms with Crippen molar-refractivity contribution in [2.24, 2.45) is 5.73 Å². The SMILES string of the molecule is Cc1c(C)c(O)c(CC[C@@](C)(O)C(N)=O)c(C)c1O. The Morgan fingerprint density at radius 3 is 2.05 bits per heavy atom. The molecular formula is C14H21NO4. The minimum absolute atomic E-state index is 0.0820. The second kappa shape index (κ2) is 5.09. The molecule has 5 heteroatoms. The van der Waals surface area contributed by atoms with Gasteiger partial charge in [-0.15, -0.1) is 0 Å². The second-order valence-electron chi connectivity index (χ2n) is 5.19. The van der Waals surface area contributed by atoms with Crippen LogP contribution in [0.2, 0.25) is 0 Å². The van der Waals surface area contributed by atoms with Crippen molar-refractivity contribution < 1.29 is 20.1 Å². The van der Waals surface area contributed by atoms with E-state index in [0.717, 1.165) is 0 Å². The Kier molecular flexibility index (Phi) is 4.10. The molecule has 1 rings (SSSR count). The summed E-state index contributed by atoms with van der Waals surface area (Å²) < 4.78 is 0. The molecule has 0 radical (unpaired) electrons. The number of carbonyl (C=O) groups excluding carboxylic acids is 1. The molecule has 1 atom stereocenters. The average molecular weight is 267 g/mol. The maximum Gasteiger partial charge on any atom is 0.249 e. The van der Waals surface area contributed by atoms with Gasteiger partial charge in [-0.05, 0) is 57.2 Å². The Morgan fingerprint density at radius 2 is 1.58 bits per heavy atom. The Bertz CT molecular complexity index is 492. The van der Waals surface area contributed by atoms with Crippen molar-refractivity contribution in [3.05, 3.63) is 22.3 Å². The van der Waals surface area contributed by atoms with Crippen LogP contribution in [-0.4, -0.2) is 26.8 Å². The third-order valence-electron chi connectivity index (χ3n) is 3.76. The minimum Gasteiger partial charge on any atom is -0.507 e. The van der Waals surface area contributed by atoms with E-state index in [1.54, 1.807) is 20.8 Å². The zero-order valence-electron chi connectivity index (χ0n) is 11.7. The van der Waals surface area contributed by atoms with Gasteiger partial charge < -0.3 is 21.1 Å². The van der Waals surface area contributed by atoms with E-state index in [1.165, 1.54) is 6.92 Å². The van der Waals surface area contributed by atoms with Crippen molar-refractivity contribution in [1.29, 1.82) is 0 Å². The number of aliphatic hydroxyl groups is 1. The highest BCUT2D eigenvalue weighted by molar-refractivity contribution is 5.82. The summed E-state index contributed by atoms with van der Waals surface area (Å²) in [7, 11) is 0. The highest BCUT2D eigenvalue weighted by Gasteiger charge is 2.28. The predicted molar refractivity (Wildman–Crippen MR) is 72.1 cm³/mol. The lowest BCUT2D eigenvalue weighted by atomic mass is 9.90. The van der Waals surface area contributed by atoms with Crippen LogP contribution < -0.4 is 5.73 Å². The Labute approximate surface area is 112 Å². The molecule has 0 fully saturated rings. The van der Waals surface area contributed by atoms with Crippen molar-refractivity contribution in [3.8, 4) is 11.5 Å². The van der Waals surface area contributed by atoms with Crippen LogP contribution in [0.1, 0.15) is 35.6 Å². The van der Waals surface area contributed by atoms with Crippen LogP contribution in [0.25, 0.3) is 0 Å². The first-order valence-electron chi connectivity index (χ1n) is 6.12. The smallest absolute Gasteiger partial charge is 0.249 e. The number of hydrogen-bond donors (Lipinski definition) is 4. The first kappa shape index (κ1) is 15.3. The Balaban J connectivity index is 3.13. The fourth-order valence-corrected chi connectivity index (χ4v) is 1.98. The van der Waals surface area contributed by atoms with Gasteiger partial charge in [-0.3, -0.25) is 4.79 Å². The zero-order chi connectivity index (χ0) is 15.0. The lowest BCUT2D eigenvalue weighted by molar-refractivity contribution is -0.135. The first-order chi connectivity index (χ1) is 8.59. The van der Waals surface area contributed by atoms with E-state index in [-0.39, 0.29) is 24.3 Å². The normalized spacial score (nSPS) is 14.2. The standard InChI is InChI=1S/C14H21NO4/c1-7-8(2)12(17)10(9(3)11(7)16)5-6-14(4,19)13(15)18/h16-17,19H,5-6H2,1-4H3,(H2,15,18)/t14-/m1/s1. The van der Waals surface area contributed by atoms with Gasteiger partial charge >= 0.3 is 0 Å². The lowest BCUT2D eigenvalue weighted by Gasteiger charge is -2.21. The van der Waals surface area contributed by atoms with Crippen LogP contribution >= 0.6 is 0 Å². The summed E-state index contributed by atoms with van der Waals surface area (Å²) in [5.41, 5.74) is 5.77. The van der Waals surface area contributed by atoms with E-state index in [1.807, 2.05) is 0 Å². The number of hydrogen-bond acceptors (Lipinski definition) is 4. The molecule has 1 amide bonds. The molecule has 0 aliphatic carbocycles. The Hall–Kier alpha value is -1.75. The van der Waals surface area contributed by atoms with E-state index in [0.29, 0.717) is 22.3 Å². The molecular weight excluding hydrogens is 246 g/mol.